The second-order valence-corrected chi connectivity index (χ2v) is 10.9. The Balaban J connectivity index is 1.50. The van der Waals surface area contributed by atoms with Crippen LogP contribution in [0.25, 0.3) is 16.6 Å². The lowest BCUT2D eigenvalue weighted by molar-refractivity contribution is 0.291. The number of nitrogens with zero attached hydrogens (tertiary/aromatic N) is 3. The summed E-state index contributed by atoms with van der Waals surface area (Å²) in [6.45, 7) is 5.33. The first kappa shape index (κ1) is 27.9. The van der Waals surface area contributed by atoms with Crippen LogP contribution in [-0.4, -0.2) is 35.7 Å². The van der Waals surface area contributed by atoms with Crippen LogP contribution in [0.4, 0.5) is 18.9 Å². The molecule has 3 heterocycles. The number of benzene rings is 1. The third-order valence-electron chi connectivity index (χ3n) is 6.40. The number of ether oxygens (including phenoxy) is 2. The second kappa shape index (κ2) is 11.1. The predicted molar refractivity (Wildman–Crippen MR) is 146 cm³/mol. The molecule has 1 aliphatic rings. The monoisotopic (exact) mass is 583 g/mol. The average Bonchev–Trinajstić information content (AvgIpc) is 3.18. The molecule has 0 saturated carbocycles. The van der Waals surface area contributed by atoms with Crippen LogP contribution in [0.3, 0.4) is 0 Å². The van der Waals surface area contributed by atoms with Gasteiger partial charge in [-0.1, -0.05) is 30.4 Å². The fourth-order valence-electron chi connectivity index (χ4n) is 4.45. The molecule has 0 radical (unpaired) electrons. The number of aromatic nitrogens is 4. The van der Waals surface area contributed by atoms with E-state index < -0.39 is 56.1 Å². The normalized spacial score (nSPS) is 13.7. The van der Waals surface area contributed by atoms with Crippen molar-refractivity contribution in [2.45, 2.75) is 31.3 Å². The van der Waals surface area contributed by atoms with Gasteiger partial charge in [-0.15, -0.1) is 0 Å². The molecule has 0 unspecified atom stereocenters. The van der Waals surface area contributed by atoms with Crippen LogP contribution in [0.15, 0.2) is 65.9 Å². The van der Waals surface area contributed by atoms with Crippen molar-refractivity contribution < 1.29 is 31.1 Å². The van der Waals surface area contributed by atoms with Gasteiger partial charge in [-0.3, -0.25) is 9.82 Å². The van der Waals surface area contributed by atoms with Crippen LogP contribution >= 0.6 is 0 Å². The maximum Gasteiger partial charge on any atom is 0.267 e. The number of rotatable bonds is 8. The minimum Gasteiger partial charge on any atom is -0.486 e. The summed E-state index contributed by atoms with van der Waals surface area (Å²) in [6.07, 6.45) is 9.21. The van der Waals surface area contributed by atoms with E-state index in [1.165, 1.54) is 6.20 Å². The molecule has 1 aromatic carbocycles. The number of methoxy groups -OCH3 is 1. The summed E-state index contributed by atoms with van der Waals surface area (Å²) in [5.41, 5.74) is 2.52. The SMILES string of the molecule is C=C1CC=CC=C(c2c(OCc3c(F)ccc(NS(=O)(=O)c4cc(F)cnc4OC)c3F)cnc3n[nH]c(C)c23)C1. The van der Waals surface area contributed by atoms with Gasteiger partial charge in [0.1, 0.15) is 24.0 Å². The number of hydrogen-bond donors (Lipinski definition) is 2. The van der Waals surface area contributed by atoms with Crippen LogP contribution in [0.5, 0.6) is 11.6 Å². The van der Waals surface area contributed by atoms with Crippen LogP contribution in [-0.2, 0) is 16.6 Å². The van der Waals surface area contributed by atoms with Crippen LogP contribution in [0.1, 0.15) is 29.7 Å². The third-order valence-corrected chi connectivity index (χ3v) is 7.76. The van der Waals surface area contributed by atoms with Crippen molar-refractivity contribution in [3.63, 3.8) is 0 Å². The lowest BCUT2D eigenvalue weighted by atomic mass is 9.95. The summed E-state index contributed by atoms with van der Waals surface area (Å²) >= 11 is 0. The minimum atomic E-state index is -4.57. The standard InChI is InChI=1S/C28H24F3N5O4S/c1-15-6-4-5-7-17(10-15)25-22(13-32-27-24(25)16(2)34-35-27)40-14-19-20(30)8-9-21(26(19)31)36-41(37,38)23-11-18(29)12-33-28(23)39-3/h4-5,7-9,11-13,36H,1,6,10,14H2,2-3H3,(H,32,34,35). The Morgan fingerprint density at radius 1 is 1.17 bits per heavy atom. The van der Waals surface area contributed by atoms with Crippen molar-refractivity contribution in [1.29, 1.82) is 0 Å². The number of nitrogens with one attached hydrogen (secondary N) is 2. The summed E-state index contributed by atoms with van der Waals surface area (Å²) in [6, 6.07) is 2.48. The van der Waals surface area contributed by atoms with E-state index in [1.54, 1.807) is 0 Å². The zero-order valence-corrected chi connectivity index (χ0v) is 22.8. The number of allylic oxidation sites excluding steroid dienone is 5. The molecule has 0 bridgehead atoms. The van der Waals surface area contributed by atoms with Gasteiger partial charge in [0.2, 0.25) is 5.88 Å². The van der Waals surface area contributed by atoms with Gasteiger partial charge < -0.3 is 9.47 Å². The molecule has 9 nitrogen and oxygen atoms in total. The maximum atomic E-state index is 15.5. The predicted octanol–water partition coefficient (Wildman–Crippen LogP) is 5.76. The molecule has 2 N–H and O–H groups in total. The molecule has 3 aromatic heterocycles. The van der Waals surface area contributed by atoms with Gasteiger partial charge in [-0.25, -0.2) is 31.6 Å². The number of hydrogen-bond acceptors (Lipinski definition) is 7. The fourth-order valence-corrected chi connectivity index (χ4v) is 5.64. The van der Waals surface area contributed by atoms with Gasteiger partial charge in [0, 0.05) is 17.3 Å². The number of pyridine rings is 2. The highest BCUT2D eigenvalue weighted by Crippen LogP contribution is 2.38. The van der Waals surface area contributed by atoms with E-state index >= 15 is 4.39 Å². The summed E-state index contributed by atoms with van der Waals surface area (Å²) in [4.78, 5) is 7.24. The number of anilines is 1. The first-order valence-corrected chi connectivity index (χ1v) is 13.8. The lowest BCUT2D eigenvalue weighted by Gasteiger charge is -2.17. The molecular formula is C28H24F3N5O4S. The zero-order chi connectivity index (χ0) is 29.3. The average molecular weight is 584 g/mol. The van der Waals surface area contributed by atoms with E-state index in [0.717, 1.165) is 42.3 Å². The molecule has 0 saturated heterocycles. The Hall–Kier alpha value is -4.65. The van der Waals surface area contributed by atoms with Crippen molar-refractivity contribution in [3.8, 4) is 11.6 Å². The zero-order valence-electron chi connectivity index (χ0n) is 22.0. The Bertz CT molecular complexity index is 1850. The summed E-state index contributed by atoms with van der Waals surface area (Å²) < 4.78 is 82.9. The number of sulfonamides is 1. The van der Waals surface area contributed by atoms with Crippen molar-refractivity contribution in [3.05, 3.63) is 95.2 Å². The van der Waals surface area contributed by atoms with Crippen molar-refractivity contribution >= 4 is 32.3 Å². The number of aryl methyl sites for hydroxylation is 1. The highest BCUT2D eigenvalue weighted by molar-refractivity contribution is 7.92. The molecule has 13 heteroatoms. The molecule has 41 heavy (non-hydrogen) atoms. The summed E-state index contributed by atoms with van der Waals surface area (Å²) in [5.74, 6) is -3.28. The molecule has 212 valence electrons. The first-order chi connectivity index (χ1) is 19.6. The maximum absolute atomic E-state index is 15.5. The van der Waals surface area contributed by atoms with Gasteiger partial charge in [-0.2, -0.15) is 5.10 Å². The van der Waals surface area contributed by atoms with Crippen LogP contribution in [0, 0.1) is 24.4 Å². The van der Waals surface area contributed by atoms with E-state index in [1.807, 2.05) is 29.9 Å². The molecule has 0 aliphatic heterocycles. The highest BCUT2D eigenvalue weighted by Gasteiger charge is 2.26. The molecule has 1 aliphatic carbocycles. The van der Waals surface area contributed by atoms with E-state index in [9.17, 15) is 17.2 Å². The highest BCUT2D eigenvalue weighted by atomic mass is 32.2. The largest absolute Gasteiger partial charge is 0.486 e. The molecule has 4 aromatic rings. The molecule has 0 spiro atoms. The fraction of sp³-hybridized carbons (Fsp3) is 0.179. The van der Waals surface area contributed by atoms with E-state index in [4.69, 9.17) is 9.47 Å². The second-order valence-electron chi connectivity index (χ2n) is 9.24. The summed E-state index contributed by atoms with van der Waals surface area (Å²) in [5, 5.41) is 7.80. The Labute approximate surface area is 233 Å². The third kappa shape index (κ3) is 5.53. The van der Waals surface area contributed by atoms with Crippen molar-refractivity contribution in [2.75, 3.05) is 11.8 Å². The molecule has 0 amide bonds. The Morgan fingerprint density at radius 2 is 1.98 bits per heavy atom. The van der Waals surface area contributed by atoms with Gasteiger partial charge in [-0.05, 0) is 37.5 Å². The van der Waals surface area contributed by atoms with Gasteiger partial charge >= 0.3 is 0 Å². The number of fused-ring (bicyclic) bond motifs is 1. The smallest absolute Gasteiger partial charge is 0.267 e. The molecule has 0 atom stereocenters. The Kier molecular flexibility index (Phi) is 7.54. The molecule has 0 fully saturated rings. The van der Waals surface area contributed by atoms with Crippen LogP contribution < -0.4 is 14.2 Å². The number of halogens is 3. The van der Waals surface area contributed by atoms with Gasteiger partial charge in [0.15, 0.2) is 16.4 Å². The summed E-state index contributed by atoms with van der Waals surface area (Å²) in [7, 11) is -3.43. The topological polar surface area (TPSA) is 119 Å². The molecule has 5 rings (SSSR count). The van der Waals surface area contributed by atoms with Crippen molar-refractivity contribution in [1.82, 2.24) is 20.2 Å². The minimum absolute atomic E-state index is 0.247. The van der Waals surface area contributed by atoms with Gasteiger partial charge in [0.05, 0.1) is 36.1 Å². The van der Waals surface area contributed by atoms with Crippen LogP contribution in [0.2, 0.25) is 0 Å². The van der Waals surface area contributed by atoms with Gasteiger partial charge in [0.25, 0.3) is 10.0 Å². The Morgan fingerprint density at radius 3 is 2.76 bits per heavy atom. The molecular weight excluding hydrogens is 559 g/mol. The number of aromatic amines is 1. The number of H-pyrrole nitrogens is 1. The first-order valence-electron chi connectivity index (χ1n) is 12.3. The van der Waals surface area contributed by atoms with Crippen molar-refractivity contribution in [2.24, 2.45) is 0 Å². The quantitative estimate of drug-likeness (QED) is 0.253. The van der Waals surface area contributed by atoms with E-state index in [0.29, 0.717) is 35.5 Å². The van der Waals surface area contributed by atoms with E-state index in [-0.39, 0.29) is 5.75 Å². The van der Waals surface area contributed by atoms with E-state index in [2.05, 4.69) is 26.7 Å². The lowest BCUT2D eigenvalue weighted by Crippen LogP contribution is -2.17.